The van der Waals surface area contributed by atoms with Gasteiger partial charge in [-0.05, 0) is 43.7 Å². The molecule has 146 valence electrons. The summed E-state index contributed by atoms with van der Waals surface area (Å²) in [6.45, 7) is 2.21. The van der Waals surface area contributed by atoms with Gasteiger partial charge in [0, 0.05) is 19.1 Å². The number of benzene rings is 1. The molecule has 0 radical (unpaired) electrons. The average molecular weight is 402 g/mol. The second kappa shape index (κ2) is 9.69. The Bertz CT molecular complexity index is 672. The van der Waals surface area contributed by atoms with Crippen LogP contribution < -0.4 is 10.6 Å². The molecule has 0 aromatic heterocycles. The van der Waals surface area contributed by atoms with Crippen LogP contribution in [0.3, 0.4) is 0 Å². The van der Waals surface area contributed by atoms with E-state index in [0.717, 1.165) is 18.0 Å². The maximum atomic E-state index is 12.5. The molecular weight excluding hydrogens is 374 g/mol. The molecule has 0 atom stereocenters. The van der Waals surface area contributed by atoms with Gasteiger partial charge in [-0.2, -0.15) is 0 Å². The predicted molar refractivity (Wildman–Crippen MR) is 105 cm³/mol. The van der Waals surface area contributed by atoms with E-state index in [2.05, 4.69) is 10.6 Å². The van der Waals surface area contributed by atoms with Gasteiger partial charge in [0.05, 0.1) is 12.3 Å². The van der Waals surface area contributed by atoms with Crippen LogP contribution in [0.4, 0.5) is 0 Å². The number of nitrogens with one attached hydrogen (secondary N) is 2. The minimum absolute atomic E-state index is 0. The molecule has 1 aromatic rings. The molecule has 1 saturated heterocycles. The van der Waals surface area contributed by atoms with Crippen molar-refractivity contribution in [3.63, 3.8) is 0 Å². The Morgan fingerprint density at radius 1 is 1.08 bits per heavy atom. The van der Waals surface area contributed by atoms with E-state index in [4.69, 9.17) is 0 Å². The van der Waals surface area contributed by atoms with Crippen LogP contribution in [0.1, 0.15) is 31.2 Å². The zero-order valence-corrected chi connectivity index (χ0v) is 16.5. The van der Waals surface area contributed by atoms with Crippen LogP contribution in [0.25, 0.3) is 0 Å². The molecule has 8 heteroatoms. The van der Waals surface area contributed by atoms with Gasteiger partial charge in [-0.15, -0.1) is 12.4 Å². The van der Waals surface area contributed by atoms with E-state index in [0.29, 0.717) is 32.5 Å². The van der Waals surface area contributed by atoms with Crippen LogP contribution >= 0.6 is 12.4 Å². The summed E-state index contributed by atoms with van der Waals surface area (Å²) in [4.78, 5) is 11.9. The molecule has 0 bridgehead atoms. The first-order valence-corrected chi connectivity index (χ1v) is 10.7. The van der Waals surface area contributed by atoms with E-state index in [1.54, 1.807) is 4.31 Å². The number of carbonyl (C=O) groups excluding carboxylic acids is 1. The fourth-order valence-electron chi connectivity index (χ4n) is 3.14. The summed E-state index contributed by atoms with van der Waals surface area (Å²) in [6, 6.07) is 9.31. The summed E-state index contributed by atoms with van der Waals surface area (Å²) in [6.07, 6.45) is 3.87. The number of hydrogen-bond acceptors (Lipinski definition) is 4. The number of sulfonamides is 1. The number of halogens is 1. The molecule has 1 aromatic carbocycles. The van der Waals surface area contributed by atoms with Gasteiger partial charge >= 0.3 is 0 Å². The van der Waals surface area contributed by atoms with Crippen molar-refractivity contribution in [2.75, 3.05) is 26.2 Å². The fraction of sp³-hybridized carbons (Fsp3) is 0.611. The van der Waals surface area contributed by atoms with Crippen molar-refractivity contribution in [1.29, 1.82) is 0 Å². The normalized spacial score (nSPS) is 18.9. The predicted octanol–water partition coefficient (Wildman–Crippen LogP) is 1.52. The average Bonchev–Trinajstić information content (AvgIpc) is 3.40. The Hall–Kier alpha value is -1.15. The van der Waals surface area contributed by atoms with Crippen LogP contribution in [0.2, 0.25) is 0 Å². The summed E-state index contributed by atoms with van der Waals surface area (Å²) in [5, 5.41) is 6.19. The molecule has 3 rings (SSSR count). The smallest absolute Gasteiger partial charge is 0.234 e. The van der Waals surface area contributed by atoms with Crippen LogP contribution in [0.5, 0.6) is 0 Å². The Balaban J connectivity index is 0.00000243. The summed E-state index contributed by atoms with van der Waals surface area (Å²) in [5.74, 6) is 0.799. The van der Waals surface area contributed by atoms with Crippen LogP contribution in [0, 0.1) is 5.92 Å². The lowest BCUT2D eigenvalue weighted by Crippen LogP contribution is -2.48. The topological polar surface area (TPSA) is 78.5 Å². The van der Waals surface area contributed by atoms with Gasteiger partial charge in [0.25, 0.3) is 0 Å². The number of nitrogens with zero attached hydrogens (tertiary/aromatic N) is 1. The van der Waals surface area contributed by atoms with Crippen LogP contribution in [-0.4, -0.2) is 50.9 Å². The highest BCUT2D eigenvalue weighted by atomic mass is 35.5. The molecule has 6 nitrogen and oxygen atoms in total. The first-order chi connectivity index (χ1) is 12.0. The molecule has 1 aliphatic heterocycles. The number of amides is 1. The van der Waals surface area contributed by atoms with Gasteiger partial charge in [0.1, 0.15) is 0 Å². The molecule has 2 fully saturated rings. The maximum Gasteiger partial charge on any atom is 0.234 e. The van der Waals surface area contributed by atoms with E-state index in [9.17, 15) is 13.2 Å². The second-order valence-electron chi connectivity index (χ2n) is 7.06. The van der Waals surface area contributed by atoms with E-state index in [1.165, 1.54) is 12.8 Å². The molecular formula is C18H28ClN3O3S. The molecule has 1 aliphatic carbocycles. The molecule has 0 unspecified atom stereocenters. The molecule has 26 heavy (non-hydrogen) atoms. The Labute approximate surface area is 162 Å². The van der Waals surface area contributed by atoms with Crippen molar-refractivity contribution in [3.8, 4) is 0 Å². The summed E-state index contributed by atoms with van der Waals surface area (Å²) in [7, 11) is -3.30. The molecule has 2 N–H and O–H groups in total. The van der Waals surface area contributed by atoms with Gasteiger partial charge in [0.2, 0.25) is 15.9 Å². The summed E-state index contributed by atoms with van der Waals surface area (Å²) in [5.41, 5.74) is 0.805. The highest BCUT2D eigenvalue weighted by molar-refractivity contribution is 7.88. The molecule has 0 spiro atoms. The number of hydrogen-bond donors (Lipinski definition) is 2. The van der Waals surface area contributed by atoms with E-state index in [-0.39, 0.29) is 30.1 Å². The minimum atomic E-state index is -3.30. The lowest BCUT2D eigenvalue weighted by molar-refractivity contribution is -0.121. The van der Waals surface area contributed by atoms with Crippen molar-refractivity contribution < 1.29 is 13.2 Å². The first-order valence-electron chi connectivity index (χ1n) is 9.05. The zero-order chi connectivity index (χ0) is 17.7. The van der Waals surface area contributed by atoms with Crippen molar-refractivity contribution in [2.24, 2.45) is 5.92 Å². The minimum Gasteiger partial charge on any atom is -0.352 e. The SMILES string of the molecule is Cl.O=C(CNCC1CC1)NC1CCN(S(=O)(=O)Cc2ccccc2)CC1. The lowest BCUT2D eigenvalue weighted by Gasteiger charge is -2.31. The largest absolute Gasteiger partial charge is 0.352 e. The zero-order valence-electron chi connectivity index (χ0n) is 14.9. The van der Waals surface area contributed by atoms with Gasteiger partial charge in [-0.1, -0.05) is 30.3 Å². The molecule has 1 heterocycles. The van der Waals surface area contributed by atoms with E-state index >= 15 is 0 Å². The molecule has 1 amide bonds. The number of piperidine rings is 1. The van der Waals surface area contributed by atoms with Crippen molar-refractivity contribution in [1.82, 2.24) is 14.9 Å². The van der Waals surface area contributed by atoms with Gasteiger partial charge in [-0.25, -0.2) is 12.7 Å². The maximum absolute atomic E-state index is 12.5. The van der Waals surface area contributed by atoms with Crippen molar-refractivity contribution in [3.05, 3.63) is 35.9 Å². The highest BCUT2D eigenvalue weighted by Gasteiger charge is 2.28. The third-order valence-corrected chi connectivity index (χ3v) is 6.67. The second-order valence-corrected chi connectivity index (χ2v) is 9.03. The van der Waals surface area contributed by atoms with E-state index < -0.39 is 10.0 Å². The Morgan fingerprint density at radius 3 is 2.35 bits per heavy atom. The third kappa shape index (κ3) is 6.54. The van der Waals surface area contributed by atoms with Gasteiger partial charge in [-0.3, -0.25) is 4.79 Å². The lowest BCUT2D eigenvalue weighted by atomic mass is 10.1. The standard InChI is InChI=1S/C18H27N3O3S.ClH/c22-18(13-19-12-15-6-7-15)20-17-8-10-21(11-9-17)25(23,24)14-16-4-2-1-3-5-16;/h1-5,15,17,19H,6-14H2,(H,20,22);1H. The Morgan fingerprint density at radius 2 is 1.73 bits per heavy atom. The summed E-state index contributed by atoms with van der Waals surface area (Å²) < 4.78 is 26.6. The summed E-state index contributed by atoms with van der Waals surface area (Å²) >= 11 is 0. The third-order valence-electron chi connectivity index (χ3n) is 4.82. The number of carbonyl (C=O) groups is 1. The monoisotopic (exact) mass is 401 g/mol. The fourth-order valence-corrected chi connectivity index (χ4v) is 4.71. The van der Waals surface area contributed by atoms with Gasteiger partial charge in [0.15, 0.2) is 0 Å². The Kier molecular flexibility index (Phi) is 7.88. The number of rotatable bonds is 8. The van der Waals surface area contributed by atoms with Crippen LogP contribution in [0.15, 0.2) is 30.3 Å². The van der Waals surface area contributed by atoms with Crippen molar-refractivity contribution >= 4 is 28.3 Å². The molecule has 1 saturated carbocycles. The molecule has 2 aliphatic rings. The van der Waals surface area contributed by atoms with Gasteiger partial charge < -0.3 is 10.6 Å². The van der Waals surface area contributed by atoms with Crippen molar-refractivity contribution in [2.45, 2.75) is 37.5 Å². The van der Waals surface area contributed by atoms with Crippen LogP contribution in [-0.2, 0) is 20.6 Å². The highest BCUT2D eigenvalue weighted by Crippen LogP contribution is 2.27. The van der Waals surface area contributed by atoms with E-state index in [1.807, 2.05) is 30.3 Å². The first kappa shape index (κ1) is 21.2. The quantitative estimate of drug-likeness (QED) is 0.692.